The molecule has 2 aliphatic rings. The van der Waals surface area contributed by atoms with Crippen molar-refractivity contribution in [2.45, 2.75) is 50.6 Å². The minimum Gasteiger partial charge on any atom is -0.396 e. The predicted octanol–water partition coefficient (Wildman–Crippen LogP) is 1.39. The first kappa shape index (κ1) is 17.2. The molecule has 3 rings (SSSR count). The molecule has 1 saturated heterocycles. The lowest BCUT2D eigenvalue weighted by molar-refractivity contribution is 0.0756. The van der Waals surface area contributed by atoms with Gasteiger partial charge in [0.25, 0.3) is 0 Å². The quantitative estimate of drug-likeness (QED) is 0.851. The molecule has 6 nitrogen and oxygen atoms in total. The second-order valence-electron chi connectivity index (χ2n) is 6.91. The van der Waals surface area contributed by atoms with Crippen molar-refractivity contribution >= 4 is 11.7 Å². The third kappa shape index (κ3) is 3.87. The van der Waals surface area contributed by atoms with Gasteiger partial charge in [0.05, 0.1) is 0 Å². The molecule has 0 aromatic carbocycles. The maximum absolute atomic E-state index is 11.4. The molecule has 1 unspecified atom stereocenters. The van der Waals surface area contributed by atoms with Crippen LogP contribution in [0, 0.1) is 0 Å². The van der Waals surface area contributed by atoms with Crippen molar-refractivity contribution in [3.63, 3.8) is 0 Å². The van der Waals surface area contributed by atoms with E-state index in [1.54, 1.807) is 18.3 Å². The molecule has 0 bridgehead atoms. The molecule has 0 spiro atoms. The Hall–Kier alpha value is -1.66. The van der Waals surface area contributed by atoms with Crippen LogP contribution in [0.5, 0.6) is 0 Å². The fourth-order valence-electron chi connectivity index (χ4n) is 4.12. The largest absolute Gasteiger partial charge is 0.396 e. The maximum Gasteiger partial charge on any atom is 0.248 e. The molecule has 24 heavy (non-hydrogen) atoms. The van der Waals surface area contributed by atoms with Crippen molar-refractivity contribution in [1.82, 2.24) is 9.88 Å². The van der Waals surface area contributed by atoms with Crippen LogP contribution in [0.15, 0.2) is 18.3 Å². The summed E-state index contributed by atoms with van der Waals surface area (Å²) >= 11 is 0. The van der Waals surface area contributed by atoms with E-state index in [1.165, 1.54) is 32.1 Å². The zero-order chi connectivity index (χ0) is 16.9. The molecular formula is C18H28N4O2. The van der Waals surface area contributed by atoms with Gasteiger partial charge < -0.3 is 15.7 Å². The van der Waals surface area contributed by atoms with Gasteiger partial charge in [-0.1, -0.05) is 19.3 Å². The van der Waals surface area contributed by atoms with E-state index < -0.39 is 5.91 Å². The lowest BCUT2D eigenvalue weighted by Gasteiger charge is -2.46. The summed E-state index contributed by atoms with van der Waals surface area (Å²) in [6.45, 7) is 2.92. The van der Waals surface area contributed by atoms with Crippen LogP contribution in [0.25, 0.3) is 0 Å². The summed E-state index contributed by atoms with van der Waals surface area (Å²) in [6.07, 6.45) is 8.96. The van der Waals surface area contributed by atoms with Gasteiger partial charge in [-0.2, -0.15) is 0 Å². The molecule has 0 radical (unpaired) electrons. The van der Waals surface area contributed by atoms with E-state index >= 15 is 0 Å². The predicted molar refractivity (Wildman–Crippen MR) is 94.0 cm³/mol. The number of anilines is 1. The number of primary amides is 1. The van der Waals surface area contributed by atoms with Crippen LogP contribution in [0.1, 0.15) is 48.9 Å². The molecule has 2 heterocycles. The van der Waals surface area contributed by atoms with E-state index in [9.17, 15) is 9.90 Å². The van der Waals surface area contributed by atoms with Gasteiger partial charge in [0, 0.05) is 50.1 Å². The monoisotopic (exact) mass is 332 g/mol. The van der Waals surface area contributed by atoms with Crippen LogP contribution in [0.3, 0.4) is 0 Å². The van der Waals surface area contributed by atoms with Crippen LogP contribution in [-0.2, 0) is 0 Å². The second-order valence-corrected chi connectivity index (χ2v) is 6.91. The minimum absolute atomic E-state index is 0.205. The summed E-state index contributed by atoms with van der Waals surface area (Å²) in [5, 5.41) is 9.49. The van der Waals surface area contributed by atoms with Crippen LogP contribution in [0.2, 0.25) is 0 Å². The van der Waals surface area contributed by atoms with Gasteiger partial charge in [-0.25, -0.2) is 4.98 Å². The van der Waals surface area contributed by atoms with Gasteiger partial charge in [0.1, 0.15) is 5.82 Å². The number of nitrogens with zero attached hydrogens (tertiary/aromatic N) is 3. The number of hydrogen-bond acceptors (Lipinski definition) is 5. The van der Waals surface area contributed by atoms with Crippen LogP contribution in [-0.4, -0.2) is 59.2 Å². The van der Waals surface area contributed by atoms with Crippen molar-refractivity contribution in [1.29, 1.82) is 0 Å². The molecule has 1 aromatic rings. The Morgan fingerprint density at radius 1 is 1.29 bits per heavy atom. The lowest BCUT2D eigenvalue weighted by Crippen LogP contribution is -2.57. The maximum atomic E-state index is 11.4. The molecule has 1 aliphatic carbocycles. The Morgan fingerprint density at radius 2 is 2.08 bits per heavy atom. The summed E-state index contributed by atoms with van der Waals surface area (Å²) in [7, 11) is 0. The SMILES string of the molecule is NC(=O)c1ccnc(N2CCN(C3CCCCC3)C(CCO)C2)c1. The van der Waals surface area contributed by atoms with E-state index in [0.717, 1.165) is 31.9 Å². The first-order valence-electron chi connectivity index (χ1n) is 9.06. The van der Waals surface area contributed by atoms with E-state index in [4.69, 9.17) is 5.73 Å². The Labute approximate surface area is 143 Å². The normalized spacial score (nSPS) is 23.4. The number of carbonyl (C=O) groups is 1. The van der Waals surface area contributed by atoms with Crippen molar-refractivity contribution in [2.24, 2.45) is 5.73 Å². The van der Waals surface area contributed by atoms with Crippen molar-refractivity contribution < 1.29 is 9.90 Å². The molecule has 1 saturated carbocycles. The van der Waals surface area contributed by atoms with E-state index in [0.29, 0.717) is 17.6 Å². The number of pyridine rings is 1. The highest BCUT2D eigenvalue weighted by Gasteiger charge is 2.32. The minimum atomic E-state index is -0.425. The average Bonchev–Trinajstić information content (AvgIpc) is 2.63. The molecular weight excluding hydrogens is 304 g/mol. The summed E-state index contributed by atoms with van der Waals surface area (Å²) in [6, 6.07) is 4.41. The van der Waals surface area contributed by atoms with Gasteiger partial charge in [-0.15, -0.1) is 0 Å². The highest BCUT2D eigenvalue weighted by Crippen LogP contribution is 2.28. The second kappa shape index (κ2) is 7.94. The first-order chi connectivity index (χ1) is 11.7. The highest BCUT2D eigenvalue weighted by molar-refractivity contribution is 5.93. The van der Waals surface area contributed by atoms with Gasteiger partial charge >= 0.3 is 0 Å². The zero-order valence-electron chi connectivity index (χ0n) is 14.2. The van der Waals surface area contributed by atoms with Crippen molar-refractivity contribution in [2.75, 3.05) is 31.1 Å². The lowest BCUT2D eigenvalue weighted by atomic mass is 9.92. The molecule has 132 valence electrons. The number of carbonyl (C=O) groups excluding carboxylic acids is 1. The Morgan fingerprint density at radius 3 is 2.79 bits per heavy atom. The fourth-order valence-corrected chi connectivity index (χ4v) is 4.12. The average molecular weight is 332 g/mol. The highest BCUT2D eigenvalue weighted by atomic mass is 16.3. The zero-order valence-corrected chi connectivity index (χ0v) is 14.2. The van der Waals surface area contributed by atoms with Crippen LogP contribution in [0.4, 0.5) is 5.82 Å². The van der Waals surface area contributed by atoms with Crippen LogP contribution < -0.4 is 10.6 Å². The first-order valence-corrected chi connectivity index (χ1v) is 9.06. The van der Waals surface area contributed by atoms with Gasteiger partial charge in [-0.05, 0) is 31.4 Å². The van der Waals surface area contributed by atoms with Gasteiger partial charge in [0.2, 0.25) is 5.91 Å². The number of rotatable bonds is 5. The molecule has 6 heteroatoms. The molecule has 2 fully saturated rings. The summed E-state index contributed by atoms with van der Waals surface area (Å²) < 4.78 is 0. The molecule has 1 atom stereocenters. The number of aliphatic hydroxyl groups is 1. The van der Waals surface area contributed by atoms with E-state index in [1.807, 2.05) is 0 Å². The molecule has 3 N–H and O–H groups in total. The Bertz CT molecular complexity index is 560. The third-order valence-corrected chi connectivity index (χ3v) is 5.39. The smallest absolute Gasteiger partial charge is 0.248 e. The molecule has 1 amide bonds. The standard InChI is InChI=1S/C18H28N4O2/c19-18(24)14-6-8-20-17(12-14)21-9-10-22(16(13-21)7-11-23)15-4-2-1-3-5-15/h6,8,12,15-16,23H,1-5,7,9-11,13H2,(H2,19,24). The number of piperazine rings is 1. The van der Waals surface area contributed by atoms with E-state index in [-0.39, 0.29) is 6.61 Å². The fraction of sp³-hybridized carbons (Fsp3) is 0.667. The summed E-state index contributed by atoms with van der Waals surface area (Å²) in [5.74, 6) is 0.379. The molecule has 1 aromatic heterocycles. The van der Waals surface area contributed by atoms with Gasteiger partial charge in [-0.3, -0.25) is 9.69 Å². The number of aliphatic hydroxyl groups excluding tert-OH is 1. The van der Waals surface area contributed by atoms with Gasteiger partial charge in [0.15, 0.2) is 0 Å². The number of nitrogens with two attached hydrogens (primary N) is 1. The Balaban J connectivity index is 1.72. The van der Waals surface area contributed by atoms with Crippen molar-refractivity contribution in [3.05, 3.63) is 23.9 Å². The number of aromatic nitrogens is 1. The number of hydrogen-bond donors (Lipinski definition) is 2. The number of amides is 1. The molecule has 1 aliphatic heterocycles. The Kier molecular flexibility index (Phi) is 5.68. The van der Waals surface area contributed by atoms with Crippen molar-refractivity contribution in [3.8, 4) is 0 Å². The van der Waals surface area contributed by atoms with Crippen LogP contribution >= 0.6 is 0 Å². The third-order valence-electron chi connectivity index (χ3n) is 5.39. The van der Waals surface area contributed by atoms with E-state index in [2.05, 4.69) is 14.8 Å². The summed E-state index contributed by atoms with van der Waals surface area (Å²) in [4.78, 5) is 20.6. The topological polar surface area (TPSA) is 82.7 Å². The summed E-state index contributed by atoms with van der Waals surface area (Å²) in [5.41, 5.74) is 5.87.